The minimum Gasteiger partial charge on any atom is -0.491 e. The smallest absolute Gasteiger partial charge is 0.297 e. The monoisotopic (exact) mass is 407 g/mol. The molecule has 0 fully saturated rings. The maximum absolute atomic E-state index is 12.1. The summed E-state index contributed by atoms with van der Waals surface area (Å²) in [6.07, 6.45) is 1.05. The van der Waals surface area contributed by atoms with Gasteiger partial charge in [-0.15, -0.1) is 0 Å². The number of hydrogen-bond acceptors (Lipinski definition) is 6. The molecule has 0 radical (unpaired) electrons. The molecule has 1 N–H and O–H groups in total. The van der Waals surface area contributed by atoms with Crippen LogP contribution in [-0.2, 0) is 23.8 Å². The molecule has 0 saturated heterocycles. The molecule has 7 nitrogen and oxygen atoms in total. The summed E-state index contributed by atoms with van der Waals surface area (Å²) in [5, 5.41) is 2.78. The molecule has 0 aromatic heterocycles. The second kappa shape index (κ2) is 10.8. The largest absolute Gasteiger partial charge is 0.491 e. The maximum Gasteiger partial charge on any atom is 0.297 e. The quantitative estimate of drug-likeness (QED) is 0.455. The Bertz CT molecular complexity index is 847. The second-order valence-electron chi connectivity index (χ2n) is 6.11. The Kier molecular flexibility index (Phi) is 8.43. The second-order valence-corrected chi connectivity index (χ2v) is 7.72. The van der Waals surface area contributed by atoms with Crippen LogP contribution < -0.4 is 10.1 Å². The molecule has 0 atom stereocenters. The van der Waals surface area contributed by atoms with E-state index >= 15 is 0 Å². The molecule has 0 unspecified atom stereocenters. The Morgan fingerprint density at radius 1 is 0.964 bits per heavy atom. The van der Waals surface area contributed by atoms with Gasteiger partial charge in [0.1, 0.15) is 19.0 Å². The predicted molar refractivity (Wildman–Crippen MR) is 106 cm³/mol. The highest BCUT2D eigenvalue weighted by molar-refractivity contribution is 7.86. The van der Waals surface area contributed by atoms with Gasteiger partial charge in [-0.2, -0.15) is 8.42 Å². The summed E-state index contributed by atoms with van der Waals surface area (Å²) in [5.74, 6) is 0.467. The first-order valence-electron chi connectivity index (χ1n) is 8.88. The molecular formula is C20H25NO6S. The first kappa shape index (κ1) is 21.9. The number of ether oxygens (including phenoxy) is 2. The van der Waals surface area contributed by atoms with Crippen LogP contribution in [0.15, 0.2) is 53.4 Å². The van der Waals surface area contributed by atoms with Gasteiger partial charge < -0.3 is 14.8 Å². The van der Waals surface area contributed by atoms with E-state index in [4.69, 9.17) is 13.7 Å². The van der Waals surface area contributed by atoms with Crippen LogP contribution in [0.4, 0.5) is 5.69 Å². The van der Waals surface area contributed by atoms with Crippen molar-refractivity contribution >= 4 is 21.7 Å². The first-order chi connectivity index (χ1) is 13.4. The third kappa shape index (κ3) is 7.30. The van der Waals surface area contributed by atoms with Gasteiger partial charge in [-0.1, -0.05) is 17.7 Å². The number of methoxy groups -OCH3 is 1. The maximum atomic E-state index is 12.1. The van der Waals surface area contributed by atoms with Crippen molar-refractivity contribution in [3.05, 3.63) is 54.1 Å². The van der Waals surface area contributed by atoms with E-state index in [-0.39, 0.29) is 24.0 Å². The minimum absolute atomic E-state index is 0.0772. The topological polar surface area (TPSA) is 90.9 Å². The Hall–Kier alpha value is -2.42. The number of nitrogens with one attached hydrogen (secondary N) is 1. The van der Waals surface area contributed by atoms with E-state index in [0.717, 1.165) is 5.56 Å². The zero-order valence-corrected chi connectivity index (χ0v) is 16.8. The van der Waals surface area contributed by atoms with Crippen molar-refractivity contribution < 1.29 is 26.9 Å². The zero-order valence-electron chi connectivity index (χ0n) is 16.0. The third-order valence-electron chi connectivity index (χ3n) is 3.79. The predicted octanol–water partition coefficient (Wildman–Crippen LogP) is 3.14. The molecule has 1 amide bonds. The number of hydrogen-bond donors (Lipinski definition) is 1. The summed E-state index contributed by atoms with van der Waals surface area (Å²) in [6.45, 7) is 2.40. The normalized spacial score (nSPS) is 11.2. The summed E-state index contributed by atoms with van der Waals surface area (Å²) >= 11 is 0. The van der Waals surface area contributed by atoms with E-state index in [1.807, 2.05) is 6.92 Å². The van der Waals surface area contributed by atoms with Gasteiger partial charge in [0.15, 0.2) is 0 Å². The average Bonchev–Trinajstić information content (AvgIpc) is 2.67. The lowest BCUT2D eigenvalue weighted by atomic mass is 10.2. The first-order valence-corrected chi connectivity index (χ1v) is 10.3. The molecular weight excluding hydrogens is 382 g/mol. The number of anilines is 1. The van der Waals surface area contributed by atoms with Crippen molar-refractivity contribution in [3.8, 4) is 5.75 Å². The van der Waals surface area contributed by atoms with Crippen LogP contribution >= 0.6 is 0 Å². The van der Waals surface area contributed by atoms with Gasteiger partial charge in [-0.25, -0.2) is 0 Å². The molecule has 0 heterocycles. The van der Waals surface area contributed by atoms with Crippen molar-refractivity contribution in [1.82, 2.24) is 0 Å². The van der Waals surface area contributed by atoms with E-state index in [1.54, 1.807) is 43.5 Å². The van der Waals surface area contributed by atoms with Crippen LogP contribution in [0.2, 0.25) is 0 Å². The summed E-state index contributed by atoms with van der Waals surface area (Å²) in [6, 6.07) is 13.3. The minimum atomic E-state index is -3.80. The van der Waals surface area contributed by atoms with Crippen LogP contribution in [0.1, 0.15) is 18.4 Å². The van der Waals surface area contributed by atoms with Gasteiger partial charge in [0, 0.05) is 25.8 Å². The van der Waals surface area contributed by atoms with Crippen molar-refractivity contribution in [2.75, 3.05) is 32.2 Å². The summed E-state index contributed by atoms with van der Waals surface area (Å²) < 4.78 is 39.5. The highest BCUT2D eigenvalue weighted by Gasteiger charge is 2.14. The van der Waals surface area contributed by atoms with E-state index in [1.165, 1.54) is 12.1 Å². The standard InChI is InChI=1S/C20H25NO6S/c1-16-5-11-19(12-6-16)28(23,24)27-15-14-26-18-9-7-17(8-10-18)21-20(22)4-3-13-25-2/h5-12H,3-4,13-15H2,1-2H3,(H,21,22). The molecule has 28 heavy (non-hydrogen) atoms. The Labute approximate surface area is 165 Å². The molecule has 2 aromatic rings. The fourth-order valence-electron chi connectivity index (χ4n) is 2.31. The van der Waals surface area contributed by atoms with Gasteiger partial charge in [0.05, 0.1) is 4.90 Å². The highest BCUT2D eigenvalue weighted by atomic mass is 32.2. The number of aryl methyl sites for hydroxylation is 1. The number of rotatable bonds is 11. The van der Waals surface area contributed by atoms with Crippen LogP contribution in [0.3, 0.4) is 0 Å². The fraction of sp³-hybridized carbons (Fsp3) is 0.350. The van der Waals surface area contributed by atoms with E-state index in [9.17, 15) is 13.2 Å². The molecule has 152 valence electrons. The molecule has 0 aliphatic rings. The van der Waals surface area contributed by atoms with Crippen LogP contribution in [0.5, 0.6) is 5.75 Å². The Balaban J connectivity index is 1.74. The van der Waals surface area contributed by atoms with Gasteiger partial charge in [0.2, 0.25) is 5.91 Å². The van der Waals surface area contributed by atoms with Gasteiger partial charge >= 0.3 is 0 Å². The lowest BCUT2D eigenvalue weighted by Gasteiger charge is -2.09. The van der Waals surface area contributed by atoms with Gasteiger partial charge in [-0.3, -0.25) is 8.98 Å². The molecule has 0 saturated carbocycles. The van der Waals surface area contributed by atoms with Gasteiger partial charge in [-0.05, 0) is 49.7 Å². The third-order valence-corrected chi connectivity index (χ3v) is 5.12. The van der Waals surface area contributed by atoms with E-state index in [0.29, 0.717) is 30.9 Å². The van der Waals surface area contributed by atoms with Gasteiger partial charge in [0.25, 0.3) is 10.1 Å². The molecule has 2 aromatic carbocycles. The van der Waals surface area contributed by atoms with E-state index < -0.39 is 10.1 Å². The summed E-state index contributed by atoms with van der Waals surface area (Å²) in [5.41, 5.74) is 1.63. The number of carbonyl (C=O) groups excluding carboxylic acids is 1. The SMILES string of the molecule is COCCCC(=O)Nc1ccc(OCCOS(=O)(=O)c2ccc(C)cc2)cc1. The fourth-order valence-corrected chi connectivity index (χ4v) is 3.20. The summed E-state index contributed by atoms with van der Waals surface area (Å²) in [7, 11) is -2.20. The van der Waals surface area contributed by atoms with Crippen LogP contribution in [0, 0.1) is 6.92 Å². The molecule has 0 bridgehead atoms. The number of amides is 1. The molecule has 0 spiro atoms. The van der Waals surface area contributed by atoms with Crippen molar-refractivity contribution in [2.45, 2.75) is 24.7 Å². The zero-order chi connectivity index (χ0) is 20.4. The lowest BCUT2D eigenvalue weighted by Crippen LogP contribution is -2.13. The van der Waals surface area contributed by atoms with Crippen molar-refractivity contribution in [3.63, 3.8) is 0 Å². The molecule has 0 aliphatic heterocycles. The number of benzene rings is 2. The molecule has 8 heteroatoms. The lowest BCUT2D eigenvalue weighted by molar-refractivity contribution is -0.116. The Morgan fingerprint density at radius 3 is 2.29 bits per heavy atom. The summed E-state index contributed by atoms with van der Waals surface area (Å²) in [4.78, 5) is 11.9. The van der Waals surface area contributed by atoms with Crippen LogP contribution in [-0.4, -0.2) is 41.3 Å². The van der Waals surface area contributed by atoms with Crippen LogP contribution in [0.25, 0.3) is 0 Å². The van der Waals surface area contributed by atoms with E-state index in [2.05, 4.69) is 5.32 Å². The molecule has 2 rings (SSSR count). The average molecular weight is 407 g/mol. The molecule has 0 aliphatic carbocycles. The van der Waals surface area contributed by atoms with Crippen molar-refractivity contribution in [2.24, 2.45) is 0 Å². The number of carbonyl (C=O) groups is 1. The Morgan fingerprint density at radius 2 is 1.64 bits per heavy atom. The van der Waals surface area contributed by atoms with Crippen molar-refractivity contribution in [1.29, 1.82) is 0 Å². The highest BCUT2D eigenvalue weighted by Crippen LogP contribution is 2.17.